The van der Waals surface area contributed by atoms with Gasteiger partial charge in [-0.1, -0.05) is 18.2 Å². The highest BCUT2D eigenvalue weighted by atomic mass is 16.5. The summed E-state index contributed by atoms with van der Waals surface area (Å²) >= 11 is 0. The highest BCUT2D eigenvalue weighted by Crippen LogP contribution is 2.26. The Morgan fingerprint density at radius 1 is 1.34 bits per heavy atom. The van der Waals surface area contributed by atoms with Gasteiger partial charge in [0.15, 0.2) is 0 Å². The van der Waals surface area contributed by atoms with Gasteiger partial charge in [0, 0.05) is 37.7 Å². The van der Waals surface area contributed by atoms with Crippen molar-refractivity contribution in [3.8, 4) is 5.69 Å². The van der Waals surface area contributed by atoms with E-state index in [1.165, 1.54) is 6.20 Å². The number of hydrogen-bond donors (Lipinski definition) is 1. The highest BCUT2D eigenvalue weighted by Gasteiger charge is 2.29. The largest absolute Gasteiger partial charge is 0.462 e. The molecular formula is C24H30N4O4. The summed E-state index contributed by atoms with van der Waals surface area (Å²) in [6, 6.07) is 9.48. The number of nitrogens with one attached hydrogen (secondary N) is 1. The van der Waals surface area contributed by atoms with E-state index in [0.29, 0.717) is 30.1 Å². The van der Waals surface area contributed by atoms with E-state index in [-0.39, 0.29) is 23.8 Å². The van der Waals surface area contributed by atoms with Crippen LogP contribution in [-0.4, -0.2) is 45.2 Å². The van der Waals surface area contributed by atoms with Gasteiger partial charge < -0.3 is 19.4 Å². The zero-order chi connectivity index (χ0) is 22.9. The Bertz CT molecular complexity index is 1190. The fourth-order valence-electron chi connectivity index (χ4n) is 4.35. The van der Waals surface area contributed by atoms with Gasteiger partial charge in [0.1, 0.15) is 5.56 Å². The molecule has 0 spiro atoms. The SMILES string of the molecule is CCOC(=O)c1cnn(-c2cc(=O)n(C)c3ccccc23)c1CN[C@H]1CCOC(C)(C)C1. The van der Waals surface area contributed by atoms with E-state index >= 15 is 0 Å². The van der Waals surface area contributed by atoms with Crippen LogP contribution in [0.5, 0.6) is 0 Å². The van der Waals surface area contributed by atoms with Gasteiger partial charge in [0.25, 0.3) is 5.56 Å². The van der Waals surface area contributed by atoms with Crippen molar-refractivity contribution in [3.63, 3.8) is 0 Å². The topological polar surface area (TPSA) is 87.4 Å². The molecule has 170 valence electrons. The molecule has 0 radical (unpaired) electrons. The third-order valence-electron chi connectivity index (χ3n) is 5.98. The number of esters is 1. The monoisotopic (exact) mass is 438 g/mol. The summed E-state index contributed by atoms with van der Waals surface area (Å²) in [5.41, 5.74) is 2.18. The standard InChI is InChI=1S/C24H30N4O4/c1-5-31-23(30)18-14-26-28(21(18)15-25-16-10-11-32-24(2,3)13-16)20-12-22(29)27(4)19-9-7-6-8-17(19)20/h6-9,12,14,16,25H,5,10-11,13,15H2,1-4H3/t16-/m0/s1. The van der Waals surface area contributed by atoms with Gasteiger partial charge in [-0.05, 0) is 39.7 Å². The maximum atomic E-state index is 12.7. The Hall–Kier alpha value is -2.97. The first-order valence-corrected chi connectivity index (χ1v) is 11.0. The highest BCUT2D eigenvalue weighted by molar-refractivity contribution is 5.92. The lowest BCUT2D eigenvalue weighted by Crippen LogP contribution is -2.43. The van der Waals surface area contributed by atoms with Crippen molar-refractivity contribution in [2.24, 2.45) is 7.05 Å². The Morgan fingerprint density at radius 3 is 2.88 bits per heavy atom. The molecule has 0 bridgehead atoms. The van der Waals surface area contributed by atoms with Crippen molar-refractivity contribution in [3.05, 3.63) is 58.1 Å². The van der Waals surface area contributed by atoms with E-state index in [4.69, 9.17) is 9.47 Å². The fourth-order valence-corrected chi connectivity index (χ4v) is 4.35. The van der Waals surface area contributed by atoms with Gasteiger partial charge in [0.2, 0.25) is 0 Å². The lowest BCUT2D eigenvalue weighted by molar-refractivity contribution is -0.0631. The molecule has 1 N–H and O–H groups in total. The summed E-state index contributed by atoms with van der Waals surface area (Å²) in [4.78, 5) is 25.3. The number of fused-ring (bicyclic) bond motifs is 1. The zero-order valence-electron chi connectivity index (χ0n) is 19.1. The van der Waals surface area contributed by atoms with E-state index in [2.05, 4.69) is 24.3 Å². The summed E-state index contributed by atoms with van der Waals surface area (Å²) in [5, 5.41) is 8.95. The first-order chi connectivity index (χ1) is 15.3. The second kappa shape index (κ2) is 8.88. The Labute approximate surface area is 187 Å². The lowest BCUT2D eigenvalue weighted by Gasteiger charge is -2.36. The molecule has 1 fully saturated rings. The average molecular weight is 439 g/mol. The maximum absolute atomic E-state index is 12.7. The third kappa shape index (κ3) is 4.33. The number of aryl methyl sites for hydroxylation is 1. The predicted octanol–water partition coefficient (Wildman–Crippen LogP) is 2.95. The van der Waals surface area contributed by atoms with Crippen molar-refractivity contribution in [2.45, 2.75) is 51.8 Å². The maximum Gasteiger partial charge on any atom is 0.341 e. The van der Waals surface area contributed by atoms with Crippen molar-refractivity contribution in [1.82, 2.24) is 19.7 Å². The molecule has 1 saturated heterocycles. The summed E-state index contributed by atoms with van der Waals surface area (Å²) < 4.78 is 14.4. The van der Waals surface area contributed by atoms with Gasteiger partial charge >= 0.3 is 5.97 Å². The van der Waals surface area contributed by atoms with Crippen LogP contribution in [0.15, 0.2) is 41.3 Å². The van der Waals surface area contributed by atoms with Crippen LogP contribution in [0.25, 0.3) is 16.6 Å². The summed E-state index contributed by atoms with van der Waals surface area (Å²) in [5.74, 6) is -0.420. The van der Waals surface area contributed by atoms with Gasteiger partial charge in [-0.15, -0.1) is 0 Å². The Kier molecular flexibility index (Phi) is 6.17. The van der Waals surface area contributed by atoms with Gasteiger partial charge in [-0.3, -0.25) is 4.79 Å². The third-order valence-corrected chi connectivity index (χ3v) is 5.98. The molecule has 0 aliphatic carbocycles. The second-order valence-electron chi connectivity index (χ2n) is 8.76. The number of nitrogens with zero attached hydrogens (tertiary/aromatic N) is 3. The van der Waals surface area contributed by atoms with Crippen molar-refractivity contribution < 1.29 is 14.3 Å². The van der Waals surface area contributed by atoms with Gasteiger partial charge in [0.05, 0.1) is 35.3 Å². The number of carbonyl (C=O) groups is 1. The second-order valence-corrected chi connectivity index (χ2v) is 8.76. The molecule has 3 aromatic rings. The molecule has 32 heavy (non-hydrogen) atoms. The van der Waals surface area contributed by atoms with Crippen molar-refractivity contribution in [1.29, 1.82) is 0 Å². The van der Waals surface area contributed by atoms with Crippen LogP contribution >= 0.6 is 0 Å². The minimum atomic E-state index is -0.420. The zero-order valence-corrected chi connectivity index (χ0v) is 19.1. The van der Waals surface area contributed by atoms with Gasteiger partial charge in [-0.25, -0.2) is 9.48 Å². The number of rotatable bonds is 6. The molecule has 0 unspecified atom stereocenters. The smallest absolute Gasteiger partial charge is 0.341 e. The Morgan fingerprint density at radius 2 is 2.12 bits per heavy atom. The van der Waals surface area contributed by atoms with E-state index < -0.39 is 5.97 Å². The van der Waals surface area contributed by atoms with E-state index in [9.17, 15) is 9.59 Å². The summed E-state index contributed by atoms with van der Waals surface area (Å²) in [7, 11) is 1.75. The lowest BCUT2D eigenvalue weighted by atomic mass is 9.94. The van der Waals surface area contributed by atoms with Crippen LogP contribution in [0.3, 0.4) is 0 Å². The minimum Gasteiger partial charge on any atom is -0.462 e. The van der Waals surface area contributed by atoms with E-state index in [0.717, 1.165) is 23.7 Å². The fraction of sp³-hybridized carbons (Fsp3) is 0.458. The van der Waals surface area contributed by atoms with Crippen LogP contribution in [0.4, 0.5) is 0 Å². The molecule has 3 heterocycles. The molecule has 4 rings (SSSR count). The predicted molar refractivity (Wildman–Crippen MR) is 122 cm³/mol. The van der Waals surface area contributed by atoms with E-state index in [1.54, 1.807) is 29.3 Å². The normalized spacial score (nSPS) is 18.1. The molecule has 8 heteroatoms. The quantitative estimate of drug-likeness (QED) is 0.596. The molecular weight excluding hydrogens is 408 g/mol. The molecule has 1 aliphatic heterocycles. The molecule has 1 aliphatic rings. The minimum absolute atomic E-state index is 0.142. The Balaban J connectivity index is 1.77. The number of para-hydroxylation sites is 1. The number of hydrogen-bond acceptors (Lipinski definition) is 6. The molecule has 2 aromatic heterocycles. The molecule has 1 aromatic carbocycles. The van der Waals surface area contributed by atoms with Crippen molar-refractivity contribution >= 4 is 16.9 Å². The molecule has 0 saturated carbocycles. The first kappa shape index (κ1) is 22.2. The van der Waals surface area contributed by atoms with E-state index in [1.807, 2.05) is 24.3 Å². The number of aromatic nitrogens is 3. The number of pyridine rings is 1. The number of ether oxygens (including phenoxy) is 2. The van der Waals surface area contributed by atoms with Crippen LogP contribution in [-0.2, 0) is 23.1 Å². The summed E-state index contributed by atoms with van der Waals surface area (Å²) in [6.45, 7) is 7.33. The van der Waals surface area contributed by atoms with Crippen LogP contribution in [0.1, 0.15) is 49.7 Å². The number of carbonyl (C=O) groups excluding carboxylic acids is 1. The summed E-state index contributed by atoms with van der Waals surface area (Å²) in [6.07, 6.45) is 3.28. The molecule has 8 nitrogen and oxygen atoms in total. The van der Waals surface area contributed by atoms with Crippen LogP contribution in [0, 0.1) is 0 Å². The number of benzene rings is 1. The molecule has 0 amide bonds. The van der Waals surface area contributed by atoms with Crippen LogP contribution in [0.2, 0.25) is 0 Å². The van der Waals surface area contributed by atoms with Gasteiger partial charge in [-0.2, -0.15) is 5.10 Å². The average Bonchev–Trinajstić information content (AvgIpc) is 3.18. The van der Waals surface area contributed by atoms with Crippen molar-refractivity contribution in [2.75, 3.05) is 13.2 Å². The first-order valence-electron chi connectivity index (χ1n) is 11.0. The molecule has 1 atom stereocenters. The van der Waals surface area contributed by atoms with Crippen LogP contribution < -0.4 is 10.9 Å².